The molecule has 0 bridgehead atoms. The lowest BCUT2D eigenvalue weighted by Crippen LogP contribution is -2.28. The summed E-state index contributed by atoms with van der Waals surface area (Å²) in [5.41, 5.74) is 1.93. The summed E-state index contributed by atoms with van der Waals surface area (Å²) >= 11 is 0. The molecule has 0 aliphatic heterocycles. The van der Waals surface area contributed by atoms with Gasteiger partial charge in [-0.25, -0.2) is 13.6 Å². The van der Waals surface area contributed by atoms with Gasteiger partial charge in [0.25, 0.3) is 0 Å². The molecular formula is C19H25N3O4S. The lowest BCUT2D eigenvalue weighted by molar-refractivity contribution is -0.121. The predicted molar refractivity (Wildman–Crippen MR) is 104 cm³/mol. The summed E-state index contributed by atoms with van der Waals surface area (Å²) in [6, 6.07) is 14.0. The number of nitrogens with one attached hydrogen (secondary N) is 2. The van der Waals surface area contributed by atoms with Crippen molar-refractivity contribution < 1.29 is 17.9 Å². The molecule has 7 nitrogen and oxygen atoms in total. The zero-order valence-corrected chi connectivity index (χ0v) is 16.1. The van der Waals surface area contributed by atoms with E-state index in [4.69, 9.17) is 9.88 Å². The van der Waals surface area contributed by atoms with Crippen molar-refractivity contribution in [3.05, 3.63) is 59.7 Å². The van der Waals surface area contributed by atoms with E-state index >= 15 is 0 Å². The molecule has 2 rings (SSSR count). The minimum Gasteiger partial charge on any atom is -0.496 e. The van der Waals surface area contributed by atoms with Gasteiger partial charge in [-0.1, -0.05) is 30.3 Å². The van der Waals surface area contributed by atoms with Crippen LogP contribution in [0.4, 0.5) is 0 Å². The number of benzene rings is 2. The summed E-state index contributed by atoms with van der Waals surface area (Å²) in [6.07, 6.45) is 1.10. The molecule has 0 atom stereocenters. The molecule has 2 aromatic rings. The molecule has 1 amide bonds. The molecule has 0 fully saturated rings. The van der Waals surface area contributed by atoms with E-state index in [1.54, 1.807) is 19.2 Å². The van der Waals surface area contributed by atoms with E-state index in [1.165, 1.54) is 12.1 Å². The van der Waals surface area contributed by atoms with E-state index < -0.39 is 10.0 Å². The van der Waals surface area contributed by atoms with Crippen LogP contribution in [-0.2, 0) is 27.8 Å². The van der Waals surface area contributed by atoms with Crippen molar-refractivity contribution in [3.63, 3.8) is 0 Å². The van der Waals surface area contributed by atoms with Gasteiger partial charge in [-0.2, -0.15) is 0 Å². The maximum Gasteiger partial charge on any atom is 0.238 e. The number of carbonyl (C=O) groups excluding carboxylic acids is 1. The molecule has 27 heavy (non-hydrogen) atoms. The third-order valence-corrected chi connectivity index (χ3v) is 4.97. The molecule has 146 valence electrons. The molecule has 0 saturated heterocycles. The van der Waals surface area contributed by atoms with E-state index in [0.717, 1.165) is 23.3 Å². The Morgan fingerprint density at radius 3 is 2.44 bits per heavy atom. The Kier molecular flexibility index (Phi) is 7.78. The van der Waals surface area contributed by atoms with Crippen LogP contribution in [0, 0.1) is 0 Å². The number of methoxy groups -OCH3 is 1. The average Bonchev–Trinajstić information content (AvgIpc) is 2.66. The SMILES string of the molecule is COc1ccccc1CNC(=O)CCNCCc1ccc(S(N)(=O)=O)cc1. The van der Waals surface area contributed by atoms with E-state index in [-0.39, 0.29) is 10.8 Å². The van der Waals surface area contributed by atoms with Gasteiger partial charge in [0.15, 0.2) is 0 Å². The van der Waals surface area contributed by atoms with Crippen LogP contribution < -0.4 is 20.5 Å². The van der Waals surface area contributed by atoms with E-state index in [1.807, 2.05) is 24.3 Å². The van der Waals surface area contributed by atoms with Gasteiger partial charge in [0.1, 0.15) is 5.75 Å². The molecule has 0 aromatic heterocycles. The summed E-state index contributed by atoms with van der Waals surface area (Å²) in [7, 11) is -2.05. The van der Waals surface area contributed by atoms with Gasteiger partial charge in [-0.15, -0.1) is 0 Å². The fourth-order valence-corrected chi connectivity index (χ4v) is 3.05. The number of ether oxygens (including phenoxy) is 1. The van der Waals surface area contributed by atoms with Crippen LogP contribution in [0.5, 0.6) is 5.75 Å². The van der Waals surface area contributed by atoms with E-state index in [9.17, 15) is 13.2 Å². The maximum absolute atomic E-state index is 11.9. The lowest BCUT2D eigenvalue weighted by atomic mass is 10.1. The Morgan fingerprint density at radius 1 is 1.07 bits per heavy atom. The zero-order chi connectivity index (χ0) is 19.7. The second-order valence-corrected chi connectivity index (χ2v) is 7.59. The number of para-hydroxylation sites is 1. The van der Waals surface area contributed by atoms with Crippen LogP contribution >= 0.6 is 0 Å². The first-order chi connectivity index (χ1) is 12.9. The van der Waals surface area contributed by atoms with Crippen molar-refractivity contribution in [1.82, 2.24) is 10.6 Å². The van der Waals surface area contributed by atoms with Crippen LogP contribution in [0.25, 0.3) is 0 Å². The first-order valence-electron chi connectivity index (χ1n) is 8.61. The maximum atomic E-state index is 11.9. The van der Waals surface area contributed by atoms with Crippen LogP contribution in [0.15, 0.2) is 53.4 Å². The van der Waals surface area contributed by atoms with Crippen LogP contribution in [0.1, 0.15) is 17.5 Å². The molecular weight excluding hydrogens is 366 g/mol. The Labute approximate surface area is 160 Å². The molecule has 0 saturated carbocycles. The Balaban J connectivity index is 1.64. The topological polar surface area (TPSA) is 111 Å². The second-order valence-electron chi connectivity index (χ2n) is 6.03. The number of sulfonamides is 1. The van der Waals surface area contributed by atoms with Gasteiger partial charge in [0, 0.05) is 25.1 Å². The van der Waals surface area contributed by atoms with Crippen molar-refractivity contribution in [3.8, 4) is 5.75 Å². The zero-order valence-electron chi connectivity index (χ0n) is 15.3. The third-order valence-electron chi connectivity index (χ3n) is 4.04. The summed E-state index contributed by atoms with van der Waals surface area (Å²) in [4.78, 5) is 12.0. The van der Waals surface area contributed by atoms with Crippen molar-refractivity contribution in [2.75, 3.05) is 20.2 Å². The third kappa shape index (κ3) is 7.01. The first kappa shape index (κ1) is 20.9. The van der Waals surface area contributed by atoms with Crippen molar-refractivity contribution >= 4 is 15.9 Å². The number of amides is 1. The standard InChI is InChI=1S/C19H25N3O4S/c1-26-18-5-3-2-4-16(18)14-22-19(23)11-13-21-12-10-15-6-8-17(9-7-15)27(20,24)25/h2-9,21H,10-14H2,1H3,(H,22,23)(H2,20,24,25). The molecule has 4 N–H and O–H groups in total. The van der Waals surface area contributed by atoms with Gasteiger partial charge in [0.05, 0.1) is 12.0 Å². The fraction of sp³-hybridized carbons (Fsp3) is 0.316. The molecule has 0 heterocycles. The number of primary sulfonamides is 1. The van der Waals surface area contributed by atoms with E-state index in [2.05, 4.69) is 10.6 Å². The minimum atomic E-state index is -3.66. The van der Waals surface area contributed by atoms with Gasteiger partial charge in [-0.3, -0.25) is 4.79 Å². The van der Waals surface area contributed by atoms with Crippen LogP contribution in [0.3, 0.4) is 0 Å². The van der Waals surface area contributed by atoms with Gasteiger partial charge < -0.3 is 15.4 Å². The smallest absolute Gasteiger partial charge is 0.238 e. The molecule has 0 spiro atoms. The summed E-state index contributed by atoms with van der Waals surface area (Å²) < 4.78 is 27.7. The molecule has 0 aliphatic carbocycles. The normalized spacial score (nSPS) is 11.2. The average molecular weight is 391 g/mol. The second kappa shape index (κ2) is 10.1. The molecule has 8 heteroatoms. The number of hydrogen-bond donors (Lipinski definition) is 3. The van der Waals surface area contributed by atoms with Crippen molar-refractivity contribution in [2.24, 2.45) is 5.14 Å². The first-order valence-corrected chi connectivity index (χ1v) is 10.2. The lowest BCUT2D eigenvalue weighted by Gasteiger charge is -2.10. The molecule has 0 aliphatic rings. The van der Waals surface area contributed by atoms with Gasteiger partial charge in [0.2, 0.25) is 15.9 Å². The van der Waals surface area contributed by atoms with Crippen LogP contribution in [0.2, 0.25) is 0 Å². The highest BCUT2D eigenvalue weighted by atomic mass is 32.2. The quantitative estimate of drug-likeness (QED) is 0.527. The monoisotopic (exact) mass is 391 g/mol. The highest BCUT2D eigenvalue weighted by molar-refractivity contribution is 7.89. The molecule has 2 aromatic carbocycles. The number of rotatable bonds is 10. The highest BCUT2D eigenvalue weighted by Crippen LogP contribution is 2.16. The summed E-state index contributed by atoms with van der Waals surface area (Å²) in [5.74, 6) is 0.718. The van der Waals surface area contributed by atoms with Gasteiger partial charge >= 0.3 is 0 Å². The Morgan fingerprint density at radius 2 is 1.78 bits per heavy atom. The summed E-state index contributed by atoms with van der Waals surface area (Å²) in [6.45, 7) is 1.68. The molecule has 0 unspecified atom stereocenters. The van der Waals surface area contributed by atoms with Crippen molar-refractivity contribution in [2.45, 2.75) is 24.3 Å². The summed E-state index contributed by atoms with van der Waals surface area (Å²) in [5, 5.41) is 11.1. The Bertz CT molecular complexity index is 852. The predicted octanol–water partition coefficient (Wildman–Crippen LogP) is 1.18. The minimum absolute atomic E-state index is 0.0362. The number of carbonyl (C=O) groups is 1. The van der Waals surface area contributed by atoms with Gasteiger partial charge in [-0.05, 0) is 36.7 Å². The highest BCUT2D eigenvalue weighted by Gasteiger charge is 2.07. The Hall–Kier alpha value is -2.42. The van der Waals surface area contributed by atoms with E-state index in [0.29, 0.717) is 26.1 Å². The fourth-order valence-electron chi connectivity index (χ4n) is 2.54. The van der Waals surface area contributed by atoms with Crippen molar-refractivity contribution in [1.29, 1.82) is 0 Å². The molecule has 0 radical (unpaired) electrons. The van der Waals surface area contributed by atoms with Crippen LogP contribution in [-0.4, -0.2) is 34.5 Å². The largest absolute Gasteiger partial charge is 0.496 e. The number of nitrogens with two attached hydrogens (primary N) is 1. The number of hydrogen-bond acceptors (Lipinski definition) is 5.